The Morgan fingerprint density at radius 3 is 2.59 bits per heavy atom. The molecule has 8 nitrogen and oxygen atoms in total. The molecule has 1 aliphatic carbocycles. The summed E-state index contributed by atoms with van der Waals surface area (Å²) in [5, 5.41) is 12.2. The molecule has 0 amide bonds. The number of nitrogens with zero attached hydrogens (tertiary/aromatic N) is 5. The van der Waals surface area contributed by atoms with Gasteiger partial charge >= 0.3 is 6.61 Å². The average molecular weight is 376 g/mol. The summed E-state index contributed by atoms with van der Waals surface area (Å²) < 4.78 is 35.8. The van der Waals surface area contributed by atoms with E-state index >= 15 is 0 Å². The maximum atomic E-state index is 12.3. The molecule has 2 N–H and O–H groups in total. The van der Waals surface area contributed by atoms with Crippen LogP contribution >= 0.6 is 0 Å². The molecule has 0 aliphatic heterocycles. The van der Waals surface area contributed by atoms with Gasteiger partial charge in [0.2, 0.25) is 0 Å². The number of hydrogen-bond donors (Lipinski definition) is 1. The summed E-state index contributed by atoms with van der Waals surface area (Å²) in [7, 11) is 0. The van der Waals surface area contributed by atoms with Crippen molar-refractivity contribution in [3.05, 3.63) is 35.8 Å². The van der Waals surface area contributed by atoms with Crippen LogP contribution in [0.25, 0.3) is 17.3 Å². The van der Waals surface area contributed by atoms with Crippen LogP contribution in [0.5, 0.6) is 5.75 Å². The highest BCUT2D eigenvalue weighted by Gasteiger charge is 2.36. The van der Waals surface area contributed by atoms with Crippen molar-refractivity contribution in [3.63, 3.8) is 0 Å². The minimum atomic E-state index is -2.87. The summed E-state index contributed by atoms with van der Waals surface area (Å²) in [6.45, 7) is -1.07. The SMILES string of the molecule is Cc1c(-c2nc(C3(N)CCCC3)no2)nnn1-c1ccc(OC(F)F)cc1. The smallest absolute Gasteiger partial charge is 0.387 e. The molecule has 3 aromatic rings. The van der Waals surface area contributed by atoms with Crippen molar-refractivity contribution in [2.45, 2.75) is 44.8 Å². The van der Waals surface area contributed by atoms with Gasteiger partial charge in [-0.05, 0) is 44.0 Å². The summed E-state index contributed by atoms with van der Waals surface area (Å²) in [6, 6.07) is 6.09. The minimum Gasteiger partial charge on any atom is -0.435 e. The van der Waals surface area contributed by atoms with E-state index in [-0.39, 0.29) is 11.6 Å². The maximum Gasteiger partial charge on any atom is 0.387 e. The Hall–Kier alpha value is -2.88. The van der Waals surface area contributed by atoms with Crippen molar-refractivity contribution in [2.75, 3.05) is 0 Å². The second-order valence-electron chi connectivity index (χ2n) is 6.59. The van der Waals surface area contributed by atoms with E-state index < -0.39 is 12.2 Å². The zero-order chi connectivity index (χ0) is 19.0. The van der Waals surface area contributed by atoms with E-state index in [4.69, 9.17) is 10.3 Å². The van der Waals surface area contributed by atoms with Gasteiger partial charge in [-0.1, -0.05) is 23.2 Å². The van der Waals surface area contributed by atoms with Crippen molar-refractivity contribution in [1.29, 1.82) is 0 Å². The molecule has 0 radical (unpaired) electrons. The molecule has 0 saturated heterocycles. The number of rotatable bonds is 5. The van der Waals surface area contributed by atoms with E-state index in [0.29, 0.717) is 22.9 Å². The molecule has 27 heavy (non-hydrogen) atoms. The molecule has 0 atom stereocenters. The summed E-state index contributed by atoms with van der Waals surface area (Å²) >= 11 is 0. The molecular weight excluding hydrogens is 358 g/mol. The number of aromatic nitrogens is 5. The van der Waals surface area contributed by atoms with E-state index in [9.17, 15) is 8.78 Å². The fraction of sp³-hybridized carbons (Fsp3) is 0.412. The molecule has 0 unspecified atom stereocenters. The maximum absolute atomic E-state index is 12.3. The van der Waals surface area contributed by atoms with E-state index in [1.807, 2.05) is 0 Å². The average Bonchev–Trinajstić information content (AvgIpc) is 3.35. The van der Waals surface area contributed by atoms with Gasteiger partial charge in [-0.2, -0.15) is 13.8 Å². The van der Waals surface area contributed by atoms with Gasteiger partial charge in [-0.3, -0.25) is 0 Å². The third kappa shape index (κ3) is 3.27. The van der Waals surface area contributed by atoms with Crippen molar-refractivity contribution in [1.82, 2.24) is 25.1 Å². The fourth-order valence-corrected chi connectivity index (χ4v) is 3.29. The summed E-state index contributed by atoms with van der Waals surface area (Å²) in [6.07, 6.45) is 3.73. The van der Waals surface area contributed by atoms with Crippen LogP contribution in [0.3, 0.4) is 0 Å². The van der Waals surface area contributed by atoms with E-state index in [1.165, 1.54) is 12.1 Å². The number of alkyl halides is 2. The Balaban J connectivity index is 1.60. The van der Waals surface area contributed by atoms with Gasteiger partial charge in [0.1, 0.15) is 5.75 Å². The first-order chi connectivity index (χ1) is 13.0. The molecule has 1 saturated carbocycles. The second-order valence-corrected chi connectivity index (χ2v) is 6.59. The molecule has 4 rings (SSSR count). The monoisotopic (exact) mass is 376 g/mol. The first-order valence-corrected chi connectivity index (χ1v) is 8.57. The van der Waals surface area contributed by atoms with Gasteiger partial charge in [0, 0.05) is 0 Å². The van der Waals surface area contributed by atoms with E-state index in [0.717, 1.165) is 25.7 Å². The molecule has 1 aliphatic rings. The van der Waals surface area contributed by atoms with Gasteiger partial charge in [-0.15, -0.1) is 5.10 Å². The zero-order valence-electron chi connectivity index (χ0n) is 14.6. The van der Waals surface area contributed by atoms with E-state index in [2.05, 4.69) is 25.2 Å². The Morgan fingerprint density at radius 2 is 1.93 bits per heavy atom. The van der Waals surface area contributed by atoms with Crippen molar-refractivity contribution in [3.8, 4) is 23.0 Å². The normalized spacial score (nSPS) is 16.2. The molecule has 1 aromatic carbocycles. The number of nitrogens with two attached hydrogens (primary N) is 1. The van der Waals surface area contributed by atoms with Crippen LogP contribution in [0.15, 0.2) is 28.8 Å². The van der Waals surface area contributed by atoms with Gasteiger partial charge in [0.25, 0.3) is 5.89 Å². The number of halogens is 2. The van der Waals surface area contributed by atoms with Crippen LogP contribution in [0.4, 0.5) is 8.78 Å². The lowest BCUT2D eigenvalue weighted by Gasteiger charge is -2.17. The van der Waals surface area contributed by atoms with E-state index in [1.54, 1.807) is 23.7 Å². The number of hydrogen-bond acceptors (Lipinski definition) is 7. The summed E-state index contributed by atoms with van der Waals surface area (Å²) in [5.41, 5.74) is 7.57. The molecule has 10 heteroatoms. The molecular formula is C17H18F2N6O2. The first kappa shape index (κ1) is 17.5. The van der Waals surface area contributed by atoms with Crippen LogP contribution in [0.2, 0.25) is 0 Å². The molecule has 2 aromatic heterocycles. The lowest BCUT2D eigenvalue weighted by Crippen LogP contribution is -2.34. The van der Waals surface area contributed by atoms with Crippen molar-refractivity contribution in [2.24, 2.45) is 5.73 Å². The topological polar surface area (TPSA) is 105 Å². The summed E-state index contributed by atoms with van der Waals surface area (Å²) in [5.74, 6) is 0.804. The lowest BCUT2D eigenvalue weighted by atomic mass is 9.99. The van der Waals surface area contributed by atoms with Gasteiger partial charge in [-0.25, -0.2) is 4.68 Å². The molecule has 142 valence electrons. The third-order valence-corrected chi connectivity index (χ3v) is 4.77. The highest BCUT2D eigenvalue weighted by Crippen LogP contribution is 2.35. The van der Waals surface area contributed by atoms with Crippen LogP contribution in [0.1, 0.15) is 37.2 Å². The van der Waals surface area contributed by atoms with Crippen LogP contribution in [0, 0.1) is 6.92 Å². The fourth-order valence-electron chi connectivity index (χ4n) is 3.29. The predicted octanol–water partition coefficient (Wildman–Crippen LogP) is 2.96. The minimum absolute atomic E-state index is 0.0677. The lowest BCUT2D eigenvalue weighted by molar-refractivity contribution is -0.0498. The first-order valence-electron chi connectivity index (χ1n) is 8.57. The van der Waals surface area contributed by atoms with Crippen molar-refractivity contribution >= 4 is 0 Å². The predicted molar refractivity (Wildman–Crippen MR) is 90.4 cm³/mol. The Bertz CT molecular complexity index is 931. The molecule has 0 spiro atoms. The Labute approximate surface area is 153 Å². The van der Waals surface area contributed by atoms with Crippen LogP contribution < -0.4 is 10.5 Å². The van der Waals surface area contributed by atoms with Gasteiger partial charge in [0.15, 0.2) is 11.5 Å². The second kappa shape index (κ2) is 6.69. The standard InChI is InChI=1S/C17H18F2N6O2/c1-10-13(14-21-15(23-27-14)17(20)8-2-3-9-17)22-24-25(10)11-4-6-12(7-5-11)26-16(18)19/h4-7,16H,2-3,8-9,20H2,1H3. The zero-order valence-corrected chi connectivity index (χ0v) is 14.6. The van der Waals surface area contributed by atoms with Crippen LogP contribution in [-0.2, 0) is 5.54 Å². The Morgan fingerprint density at radius 1 is 1.22 bits per heavy atom. The molecule has 2 heterocycles. The summed E-state index contributed by atoms with van der Waals surface area (Å²) in [4.78, 5) is 4.43. The molecule has 1 fully saturated rings. The highest BCUT2D eigenvalue weighted by atomic mass is 19.3. The van der Waals surface area contributed by atoms with Gasteiger partial charge < -0.3 is 15.0 Å². The Kier molecular flexibility index (Phi) is 4.34. The quantitative estimate of drug-likeness (QED) is 0.730. The number of ether oxygens (including phenoxy) is 1. The third-order valence-electron chi connectivity index (χ3n) is 4.77. The molecule has 0 bridgehead atoms. The van der Waals surface area contributed by atoms with Crippen molar-refractivity contribution < 1.29 is 18.0 Å². The van der Waals surface area contributed by atoms with Gasteiger partial charge in [0.05, 0.1) is 16.9 Å². The largest absolute Gasteiger partial charge is 0.435 e. The van der Waals surface area contributed by atoms with Crippen LogP contribution in [-0.4, -0.2) is 31.7 Å². The number of benzene rings is 1. The highest BCUT2D eigenvalue weighted by molar-refractivity contribution is 5.52.